The number of phenols is 1. The number of anilines is 1. The highest BCUT2D eigenvalue weighted by atomic mass is 16.3. The molecule has 0 saturated heterocycles. The number of aromatic amines is 1. The Balaban J connectivity index is 2.35. The van der Waals surface area contributed by atoms with E-state index < -0.39 is 17.4 Å². The lowest BCUT2D eigenvalue weighted by Gasteiger charge is -2.30. The number of nitriles is 1. The predicted octanol–water partition coefficient (Wildman–Crippen LogP) is 2.14. The molecule has 0 bridgehead atoms. The third kappa shape index (κ3) is 3.48. The Morgan fingerprint density at radius 1 is 1.45 bits per heavy atom. The summed E-state index contributed by atoms with van der Waals surface area (Å²) in [6.45, 7) is -0.253. The van der Waals surface area contributed by atoms with E-state index >= 15 is 0 Å². The zero-order chi connectivity index (χ0) is 21.0. The topological polar surface area (TPSA) is 203 Å². The number of benzene rings is 1. The van der Waals surface area contributed by atoms with Crippen molar-refractivity contribution in [2.75, 3.05) is 11.9 Å². The molecule has 1 aromatic carbocycles. The molecule has 1 unspecified atom stereocenters. The van der Waals surface area contributed by atoms with Gasteiger partial charge in [0, 0.05) is 28.1 Å². The first-order chi connectivity index (χ1) is 14.0. The number of amides is 1. The van der Waals surface area contributed by atoms with Gasteiger partial charge in [-0.25, -0.2) is 5.43 Å². The van der Waals surface area contributed by atoms with E-state index in [1.54, 1.807) is 6.07 Å². The zero-order valence-corrected chi connectivity index (χ0v) is 14.7. The molecule has 1 aliphatic heterocycles. The van der Waals surface area contributed by atoms with Crippen LogP contribution in [-0.4, -0.2) is 22.5 Å². The lowest BCUT2D eigenvalue weighted by molar-refractivity contribution is -0.117. The second kappa shape index (κ2) is 7.95. The fourth-order valence-electron chi connectivity index (χ4n) is 3.21. The van der Waals surface area contributed by atoms with Gasteiger partial charge in [0.25, 0.3) is 11.5 Å². The Labute approximate surface area is 162 Å². The van der Waals surface area contributed by atoms with Crippen LogP contribution in [0.15, 0.2) is 56.9 Å². The van der Waals surface area contributed by atoms with Crippen molar-refractivity contribution in [3.05, 3.63) is 79.2 Å². The quantitative estimate of drug-likeness (QED) is 0.224. The van der Waals surface area contributed by atoms with E-state index in [-0.39, 0.29) is 40.3 Å². The van der Waals surface area contributed by atoms with E-state index in [9.17, 15) is 14.7 Å². The summed E-state index contributed by atoms with van der Waals surface area (Å²) in [7, 11) is 0. The van der Waals surface area contributed by atoms with Crippen molar-refractivity contribution in [2.24, 2.45) is 10.3 Å². The van der Waals surface area contributed by atoms with E-state index in [1.807, 2.05) is 11.5 Å². The molecule has 29 heavy (non-hydrogen) atoms. The number of carbonyl (C=O) groups is 1. The van der Waals surface area contributed by atoms with Crippen molar-refractivity contribution in [3.8, 4) is 11.8 Å². The number of rotatable bonds is 5. The van der Waals surface area contributed by atoms with Gasteiger partial charge in [0.1, 0.15) is 5.75 Å². The maximum absolute atomic E-state index is 12.7. The van der Waals surface area contributed by atoms with Gasteiger partial charge in [-0.1, -0.05) is 16.4 Å². The number of hydrogen-bond acceptors (Lipinski definition) is 8. The number of nitrogens with zero attached hydrogens (tertiary/aromatic N) is 5. The number of fused-ring (bicyclic) bond motifs is 1. The Kier molecular flexibility index (Phi) is 5.25. The van der Waals surface area contributed by atoms with E-state index in [4.69, 9.17) is 16.3 Å². The molecule has 2 aromatic rings. The molecule has 12 heteroatoms. The fourth-order valence-corrected chi connectivity index (χ4v) is 3.21. The molecule has 0 aliphatic carbocycles. The minimum atomic E-state index is -1.07. The summed E-state index contributed by atoms with van der Waals surface area (Å²) in [6.07, 6.45) is 1.40. The van der Waals surface area contributed by atoms with Crippen LogP contribution in [0, 0.1) is 16.9 Å². The first-order valence-corrected chi connectivity index (χ1v) is 8.14. The highest BCUT2D eigenvalue weighted by molar-refractivity contribution is 5.98. The molecule has 1 amide bonds. The van der Waals surface area contributed by atoms with Gasteiger partial charge in [-0.15, -0.1) is 0 Å². The molecule has 12 nitrogen and oxygen atoms in total. The summed E-state index contributed by atoms with van der Waals surface area (Å²) in [5.41, 5.74) is 18.0. The van der Waals surface area contributed by atoms with Crippen molar-refractivity contribution >= 4 is 11.6 Å². The monoisotopic (exact) mass is 391 g/mol. The van der Waals surface area contributed by atoms with Gasteiger partial charge in [-0.2, -0.15) is 10.8 Å². The number of aromatic hydroxyl groups is 1. The number of phenolic OH excluding ortho intramolecular Hbond substituents is 1. The van der Waals surface area contributed by atoms with Gasteiger partial charge < -0.3 is 15.4 Å². The SMILES string of the molecule is N#Cc1ccc(C2C(C(=O)NN=N)=C(CN=[N+]=[N-])Nc3cc[nH]c(=O)c32)c(O)c1. The second-order valence-corrected chi connectivity index (χ2v) is 5.91. The van der Waals surface area contributed by atoms with Crippen molar-refractivity contribution in [1.82, 2.24) is 10.4 Å². The van der Waals surface area contributed by atoms with Crippen molar-refractivity contribution < 1.29 is 9.90 Å². The van der Waals surface area contributed by atoms with Crippen molar-refractivity contribution in [3.63, 3.8) is 0 Å². The number of nitrogens with one attached hydrogen (secondary N) is 4. The summed E-state index contributed by atoms with van der Waals surface area (Å²) in [6, 6.07) is 7.53. The van der Waals surface area contributed by atoms with E-state index in [2.05, 4.69) is 25.5 Å². The first kappa shape index (κ1) is 19.2. The molecule has 2 heterocycles. The smallest absolute Gasteiger partial charge is 0.271 e. The molecule has 0 saturated carbocycles. The van der Waals surface area contributed by atoms with Crippen molar-refractivity contribution in [2.45, 2.75) is 5.92 Å². The van der Waals surface area contributed by atoms with E-state index in [0.717, 1.165) is 0 Å². The van der Waals surface area contributed by atoms with Crippen LogP contribution in [0.1, 0.15) is 22.6 Å². The number of pyridine rings is 1. The first-order valence-electron chi connectivity index (χ1n) is 8.14. The minimum absolute atomic E-state index is 0.0578. The van der Waals surface area contributed by atoms with Crippen LogP contribution < -0.4 is 16.3 Å². The number of carbonyl (C=O) groups excluding carboxylic acids is 1. The predicted molar refractivity (Wildman–Crippen MR) is 99.7 cm³/mol. The van der Waals surface area contributed by atoms with Crippen LogP contribution in [0.2, 0.25) is 0 Å². The molecule has 1 aromatic heterocycles. The van der Waals surface area contributed by atoms with Crippen LogP contribution in [0.5, 0.6) is 5.75 Å². The van der Waals surface area contributed by atoms with Crippen LogP contribution in [0.25, 0.3) is 10.4 Å². The normalized spacial score (nSPS) is 14.7. The van der Waals surface area contributed by atoms with Gasteiger partial charge in [-0.05, 0) is 23.7 Å². The van der Waals surface area contributed by atoms with Crippen LogP contribution >= 0.6 is 0 Å². The van der Waals surface area contributed by atoms with Gasteiger partial charge in [0.05, 0.1) is 35.2 Å². The second-order valence-electron chi connectivity index (χ2n) is 5.91. The standard InChI is InChI=1S/C17H13N9O3/c18-6-8-1-2-9(12(27)5-8)13-14-10(3-4-21-16(14)28)23-11(7-22-25-19)15(13)17(29)24-26-20/h1-5,13,23,27H,7H2,(H,21,28)(H2,20,24,29). The summed E-state index contributed by atoms with van der Waals surface area (Å²) in [5, 5.41) is 28.8. The Bertz CT molecular complexity index is 1190. The molecule has 144 valence electrons. The molecule has 0 fully saturated rings. The summed E-state index contributed by atoms with van der Waals surface area (Å²) in [4.78, 5) is 30.5. The molecule has 3 rings (SSSR count). The number of aromatic nitrogens is 1. The molecule has 0 spiro atoms. The van der Waals surface area contributed by atoms with Gasteiger partial charge in [0.15, 0.2) is 0 Å². The van der Waals surface area contributed by atoms with Gasteiger partial charge in [0.2, 0.25) is 0 Å². The minimum Gasteiger partial charge on any atom is -0.508 e. The third-order valence-electron chi connectivity index (χ3n) is 4.35. The van der Waals surface area contributed by atoms with Gasteiger partial charge in [-0.3, -0.25) is 9.59 Å². The maximum Gasteiger partial charge on any atom is 0.271 e. The lowest BCUT2D eigenvalue weighted by atomic mass is 9.80. The van der Waals surface area contributed by atoms with Crippen LogP contribution in [0.4, 0.5) is 5.69 Å². The Morgan fingerprint density at radius 3 is 2.90 bits per heavy atom. The average molecular weight is 391 g/mol. The molecule has 0 radical (unpaired) electrons. The van der Waals surface area contributed by atoms with Crippen LogP contribution in [-0.2, 0) is 4.79 Å². The summed E-state index contributed by atoms with van der Waals surface area (Å²) < 4.78 is 0. The molecule has 1 atom stereocenters. The molecule has 1 aliphatic rings. The highest BCUT2D eigenvalue weighted by Crippen LogP contribution is 2.43. The lowest BCUT2D eigenvalue weighted by Crippen LogP contribution is -2.34. The molecule has 5 N–H and O–H groups in total. The van der Waals surface area contributed by atoms with E-state index in [1.165, 1.54) is 24.4 Å². The number of hydrogen-bond donors (Lipinski definition) is 5. The maximum atomic E-state index is 12.7. The van der Waals surface area contributed by atoms with Crippen molar-refractivity contribution in [1.29, 1.82) is 10.8 Å². The Hall–Kier alpha value is -4.62. The molecular weight excluding hydrogens is 378 g/mol. The summed E-state index contributed by atoms with van der Waals surface area (Å²) in [5.74, 6) is -2.20. The zero-order valence-electron chi connectivity index (χ0n) is 14.7. The largest absolute Gasteiger partial charge is 0.508 e. The summed E-state index contributed by atoms with van der Waals surface area (Å²) >= 11 is 0. The van der Waals surface area contributed by atoms with Crippen LogP contribution in [0.3, 0.4) is 0 Å². The van der Waals surface area contributed by atoms with E-state index in [0.29, 0.717) is 5.69 Å². The average Bonchev–Trinajstić information content (AvgIpc) is 2.71. The third-order valence-corrected chi connectivity index (χ3v) is 4.35. The number of azide groups is 1. The van der Waals surface area contributed by atoms with Gasteiger partial charge >= 0.3 is 0 Å². The Morgan fingerprint density at radius 2 is 2.24 bits per heavy atom. The highest BCUT2D eigenvalue weighted by Gasteiger charge is 2.36. The molecular formula is C17H13N9O3. The fraction of sp³-hybridized carbons (Fsp3) is 0.118. The number of H-pyrrole nitrogens is 1.